The second kappa shape index (κ2) is 16.8. The number of Topliss-reactive ketones (excluding diaryl/α,β-unsaturated/α-hetero) is 1. The van der Waals surface area contributed by atoms with Crippen LogP contribution in [-0.4, -0.2) is 43.5 Å². The van der Waals surface area contributed by atoms with E-state index in [2.05, 4.69) is 55.7 Å². The molecule has 0 aliphatic carbocycles. The zero-order chi connectivity index (χ0) is 31.4. The lowest BCUT2D eigenvalue weighted by molar-refractivity contribution is -0.124. The second-order valence-electron chi connectivity index (χ2n) is 11.9. The summed E-state index contributed by atoms with van der Waals surface area (Å²) in [6, 6.07) is 9.89. The van der Waals surface area contributed by atoms with Crippen molar-refractivity contribution in [2.45, 2.75) is 78.3 Å². The van der Waals surface area contributed by atoms with Crippen LogP contribution in [0.15, 0.2) is 59.8 Å². The van der Waals surface area contributed by atoms with Crippen molar-refractivity contribution in [3.8, 4) is 11.5 Å². The lowest BCUT2D eigenvalue weighted by atomic mass is 9.92. The lowest BCUT2D eigenvalue weighted by Crippen LogP contribution is -2.38. The van der Waals surface area contributed by atoms with Crippen LogP contribution in [0.3, 0.4) is 0 Å². The minimum absolute atomic E-state index is 0.0250. The molecule has 3 rings (SSSR count). The molecule has 2 atom stereocenters. The van der Waals surface area contributed by atoms with E-state index >= 15 is 0 Å². The summed E-state index contributed by atoms with van der Waals surface area (Å²) in [6.07, 6.45) is 12.5. The number of ether oxygens (including phenoxy) is 1. The van der Waals surface area contributed by atoms with Crippen molar-refractivity contribution >= 4 is 17.6 Å². The molecule has 0 saturated heterocycles. The number of nitrogens with one attached hydrogen (secondary N) is 2. The van der Waals surface area contributed by atoms with Crippen molar-refractivity contribution in [1.82, 2.24) is 10.6 Å². The van der Waals surface area contributed by atoms with E-state index in [4.69, 9.17) is 10.5 Å². The maximum Gasteiger partial charge on any atom is 0.163 e. The highest BCUT2D eigenvalue weighted by Gasteiger charge is 2.17. The Labute approximate surface area is 257 Å². The predicted molar refractivity (Wildman–Crippen MR) is 175 cm³/mol. The molecular weight excluding hydrogens is 538 g/mol. The van der Waals surface area contributed by atoms with Gasteiger partial charge in [-0.15, -0.1) is 0 Å². The first-order valence-corrected chi connectivity index (χ1v) is 15.3. The van der Waals surface area contributed by atoms with E-state index in [9.17, 15) is 14.7 Å². The second-order valence-corrected chi connectivity index (χ2v) is 11.9. The number of carbonyl (C=O) groups is 2. The molecule has 7 heteroatoms. The number of benzene rings is 2. The number of hydrogen-bond acceptors (Lipinski definition) is 7. The van der Waals surface area contributed by atoms with Crippen molar-refractivity contribution in [1.29, 1.82) is 0 Å². The minimum atomic E-state index is -0.287. The number of unbranched alkanes of at least 4 members (excludes halogenated alkanes) is 2. The fourth-order valence-electron chi connectivity index (χ4n) is 5.63. The van der Waals surface area contributed by atoms with Crippen molar-refractivity contribution in [2.75, 3.05) is 20.7 Å². The summed E-state index contributed by atoms with van der Waals surface area (Å²) in [7, 11) is 3.45. The van der Waals surface area contributed by atoms with Crippen molar-refractivity contribution in [3.63, 3.8) is 0 Å². The lowest BCUT2D eigenvalue weighted by Gasteiger charge is -2.23. The molecule has 1 aliphatic heterocycles. The third kappa shape index (κ3) is 11.2. The maximum absolute atomic E-state index is 12.7. The topological polar surface area (TPSA) is 114 Å². The van der Waals surface area contributed by atoms with E-state index in [1.54, 1.807) is 18.2 Å². The van der Waals surface area contributed by atoms with E-state index in [0.29, 0.717) is 24.5 Å². The summed E-state index contributed by atoms with van der Waals surface area (Å²) in [5.74, 6) is 0.709. The van der Waals surface area contributed by atoms with Gasteiger partial charge in [0, 0.05) is 12.6 Å². The first-order chi connectivity index (χ1) is 20.6. The first-order valence-electron chi connectivity index (χ1n) is 15.3. The van der Waals surface area contributed by atoms with Crippen LogP contribution < -0.4 is 21.1 Å². The van der Waals surface area contributed by atoms with Gasteiger partial charge in [-0.25, -0.2) is 0 Å². The summed E-state index contributed by atoms with van der Waals surface area (Å²) < 4.78 is 5.33. The molecule has 2 aromatic carbocycles. The maximum atomic E-state index is 12.7. The molecule has 0 spiro atoms. The molecule has 7 nitrogen and oxygen atoms in total. The fourth-order valence-corrected chi connectivity index (χ4v) is 5.63. The Balaban J connectivity index is 1.65. The molecule has 0 bridgehead atoms. The third-order valence-electron chi connectivity index (χ3n) is 7.77. The first kappa shape index (κ1) is 33.8. The molecule has 43 heavy (non-hydrogen) atoms. The molecule has 0 fully saturated rings. The SMILES string of the molecule is CNC[C@H](C)CCCCCC(=O)CC(=O)/C=C/c1cc(OC)c(O)cc1CC1=CNC(N)C(Cc2cc(C)cc(C)c2)=C1. The van der Waals surface area contributed by atoms with Gasteiger partial charge in [-0.3, -0.25) is 9.59 Å². The zero-order valence-corrected chi connectivity index (χ0v) is 26.5. The fraction of sp³-hybridized carbons (Fsp3) is 0.444. The number of ketones is 2. The van der Waals surface area contributed by atoms with Gasteiger partial charge in [-0.1, -0.05) is 61.2 Å². The Morgan fingerprint density at radius 1 is 1.09 bits per heavy atom. The van der Waals surface area contributed by atoms with Crippen LogP contribution in [0.2, 0.25) is 0 Å². The van der Waals surface area contributed by atoms with Gasteiger partial charge in [0.2, 0.25) is 0 Å². The van der Waals surface area contributed by atoms with Crippen LogP contribution in [0.5, 0.6) is 11.5 Å². The number of methoxy groups -OCH3 is 1. The molecule has 0 radical (unpaired) electrons. The number of carbonyl (C=O) groups excluding carboxylic acids is 2. The number of rotatable bonds is 17. The zero-order valence-electron chi connectivity index (χ0n) is 26.5. The highest BCUT2D eigenvalue weighted by Crippen LogP contribution is 2.32. The molecule has 0 amide bonds. The Morgan fingerprint density at radius 3 is 2.53 bits per heavy atom. The van der Waals surface area contributed by atoms with E-state index < -0.39 is 0 Å². The van der Waals surface area contributed by atoms with E-state index in [-0.39, 0.29) is 29.9 Å². The number of aromatic hydroxyl groups is 1. The van der Waals surface area contributed by atoms with Gasteiger partial charge >= 0.3 is 0 Å². The molecule has 0 aromatic heterocycles. The summed E-state index contributed by atoms with van der Waals surface area (Å²) in [6.45, 7) is 7.41. The number of dihydropyridines is 1. The number of hydrogen-bond donors (Lipinski definition) is 4. The van der Waals surface area contributed by atoms with Crippen LogP contribution in [0, 0.1) is 19.8 Å². The quantitative estimate of drug-likeness (QED) is 0.104. The highest BCUT2D eigenvalue weighted by atomic mass is 16.5. The van der Waals surface area contributed by atoms with Crippen molar-refractivity contribution < 1.29 is 19.4 Å². The molecular formula is C36H49N3O4. The molecule has 232 valence electrons. The van der Waals surface area contributed by atoms with E-state index in [1.165, 1.54) is 29.9 Å². The van der Waals surface area contributed by atoms with E-state index in [1.807, 2.05) is 13.2 Å². The van der Waals surface area contributed by atoms with Gasteiger partial charge in [0.1, 0.15) is 5.78 Å². The van der Waals surface area contributed by atoms with Crippen LogP contribution in [0.1, 0.15) is 73.3 Å². The summed E-state index contributed by atoms with van der Waals surface area (Å²) in [4.78, 5) is 25.1. The highest BCUT2D eigenvalue weighted by molar-refractivity contribution is 6.06. The van der Waals surface area contributed by atoms with Gasteiger partial charge in [0.05, 0.1) is 19.7 Å². The van der Waals surface area contributed by atoms with Crippen LogP contribution in [0.4, 0.5) is 0 Å². The van der Waals surface area contributed by atoms with Gasteiger partial charge < -0.3 is 26.2 Å². The summed E-state index contributed by atoms with van der Waals surface area (Å²) >= 11 is 0. The third-order valence-corrected chi connectivity index (χ3v) is 7.77. The number of phenolic OH excluding ortho intramolecular Hbond substituents is 1. The Bertz CT molecular complexity index is 1340. The monoisotopic (exact) mass is 587 g/mol. The molecule has 1 heterocycles. The summed E-state index contributed by atoms with van der Waals surface area (Å²) in [5.41, 5.74) is 13.7. The van der Waals surface area contributed by atoms with Gasteiger partial charge in [0.15, 0.2) is 17.3 Å². The van der Waals surface area contributed by atoms with Crippen LogP contribution >= 0.6 is 0 Å². The smallest absolute Gasteiger partial charge is 0.163 e. The van der Waals surface area contributed by atoms with Crippen molar-refractivity contribution in [3.05, 3.63) is 87.6 Å². The van der Waals surface area contributed by atoms with Crippen LogP contribution in [0.25, 0.3) is 6.08 Å². The summed E-state index contributed by atoms with van der Waals surface area (Å²) in [5, 5.41) is 17.0. The van der Waals surface area contributed by atoms with E-state index in [0.717, 1.165) is 60.9 Å². The Kier molecular flexibility index (Phi) is 13.2. The number of phenols is 1. The molecule has 5 N–H and O–H groups in total. The number of aryl methyl sites for hydroxylation is 2. The van der Waals surface area contributed by atoms with Crippen molar-refractivity contribution in [2.24, 2.45) is 11.7 Å². The minimum Gasteiger partial charge on any atom is -0.504 e. The Morgan fingerprint density at radius 2 is 1.84 bits per heavy atom. The standard InChI is InChI=1S/C36H49N3O4/c1-24(22-38-4)9-7-6-8-10-32(40)21-33(41)12-11-29-20-35(43-5)34(42)19-30(29)17-28-18-31(36(37)39-23-28)16-27-14-25(2)13-26(3)15-27/h11-15,18-20,23-24,36,38-39,42H,6-10,16-17,21-22,37H2,1-5H3/b12-11+/t24-,36?/m1/s1. The largest absolute Gasteiger partial charge is 0.504 e. The predicted octanol–water partition coefficient (Wildman–Crippen LogP) is 5.85. The average molecular weight is 588 g/mol. The normalized spacial score (nSPS) is 15.5. The average Bonchev–Trinajstić information content (AvgIpc) is 2.94. The molecule has 0 saturated carbocycles. The van der Waals surface area contributed by atoms with Gasteiger partial charge in [0.25, 0.3) is 0 Å². The number of nitrogens with two attached hydrogens (primary N) is 1. The van der Waals surface area contributed by atoms with Crippen LogP contribution in [-0.2, 0) is 22.4 Å². The van der Waals surface area contributed by atoms with Gasteiger partial charge in [-0.2, -0.15) is 0 Å². The molecule has 1 aliphatic rings. The molecule has 1 unspecified atom stereocenters. The number of allylic oxidation sites excluding steroid dienone is 3. The Hall–Kier alpha value is -3.68. The van der Waals surface area contributed by atoms with Gasteiger partial charge in [-0.05, 0) is 105 Å². The molecule has 2 aromatic rings.